The first kappa shape index (κ1) is 14.3. The van der Waals surface area contributed by atoms with Crippen molar-refractivity contribution in [2.24, 2.45) is 0 Å². The summed E-state index contributed by atoms with van der Waals surface area (Å²) in [5, 5.41) is 4.26. The molecular formula is C15H20BrN3. The molecule has 1 unspecified atom stereocenters. The van der Waals surface area contributed by atoms with Gasteiger partial charge in [-0.15, -0.1) is 0 Å². The smallest absolute Gasteiger partial charge is 0.138 e. The SMILES string of the molecule is CCCn1ncnc1CCCC(Br)c1ccccc1. The average molecular weight is 322 g/mol. The fraction of sp³-hybridized carbons (Fsp3) is 0.467. The summed E-state index contributed by atoms with van der Waals surface area (Å²) in [6.45, 7) is 3.13. The van der Waals surface area contributed by atoms with E-state index in [2.05, 4.69) is 63.3 Å². The van der Waals surface area contributed by atoms with E-state index >= 15 is 0 Å². The largest absolute Gasteiger partial charge is 0.250 e. The number of benzene rings is 1. The van der Waals surface area contributed by atoms with Gasteiger partial charge in [0, 0.05) is 17.8 Å². The van der Waals surface area contributed by atoms with Crippen LogP contribution in [0.1, 0.15) is 42.4 Å². The molecule has 2 rings (SSSR count). The van der Waals surface area contributed by atoms with Gasteiger partial charge >= 0.3 is 0 Å². The van der Waals surface area contributed by atoms with Crippen LogP contribution in [0.25, 0.3) is 0 Å². The number of alkyl halides is 1. The Bertz CT molecular complexity index is 481. The Morgan fingerprint density at radius 1 is 1.26 bits per heavy atom. The molecule has 1 atom stereocenters. The second-order valence-corrected chi connectivity index (χ2v) is 5.78. The number of hydrogen-bond donors (Lipinski definition) is 0. The standard InChI is InChI=1S/C15H20BrN3/c1-2-11-19-15(17-12-18-19)10-6-9-14(16)13-7-4-3-5-8-13/h3-5,7-8,12,14H,2,6,9-11H2,1H3. The highest BCUT2D eigenvalue weighted by Crippen LogP contribution is 2.27. The molecule has 0 amide bonds. The number of nitrogens with zero attached hydrogens (tertiary/aromatic N) is 3. The summed E-state index contributed by atoms with van der Waals surface area (Å²) in [6, 6.07) is 10.6. The van der Waals surface area contributed by atoms with E-state index in [9.17, 15) is 0 Å². The van der Waals surface area contributed by atoms with Crippen LogP contribution in [0, 0.1) is 0 Å². The first-order valence-electron chi connectivity index (χ1n) is 6.87. The fourth-order valence-corrected chi connectivity index (χ4v) is 2.78. The molecule has 0 spiro atoms. The Kier molecular flexibility index (Phi) is 5.58. The highest BCUT2D eigenvalue weighted by molar-refractivity contribution is 9.09. The molecule has 1 heterocycles. The zero-order chi connectivity index (χ0) is 13.5. The summed E-state index contributed by atoms with van der Waals surface area (Å²) in [6.07, 6.45) is 5.99. The molecule has 0 saturated heterocycles. The fourth-order valence-electron chi connectivity index (χ4n) is 2.15. The van der Waals surface area contributed by atoms with Gasteiger partial charge < -0.3 is 0 Å². The molecule has 19 heavy (non-hydrogen) atoms. The molecule has 0 radical (unpaired) electrons. The summed E-state index contributed by atoms with van der Waals surface area (Å²) >= 11 is 3.76. The van der Waals surface area contributed by atoms with E-state index in [0.29, 0.717) is 4.83 Å². The van der Waals surface area contributed by atoms with Crippen molar-refractivity contribution in [1.82, 2.24) is 14.8 Å². The molecule has 102 valence electrons. The second kappa shape index (κ2) is 7.43. The average Bonchev–Trinajstić information content (AvgIpc) is 2.88. The number of halogens is 1. The normalized spacial score (nSPS) is 12.5. The van der Waals surface area contributed by atoms with Gasteiger partial charge in [0.1, 0.15) is 12.2 Å². The summed E-state index contributed by atoms with van der Waals surface area (Å²) in [4.78, 5) is 4.77. The van der Waals surface area contributed by atoms with Crippen molar-refractivity contribution in [2.45, 2.75) is 44.0 Å². The van der Waals surface area contributed by atoms with Crippen LogP contribution in [0.15, 0.2) is 36.7 Å². The Morgan fingerprint density at radius 2 is 2.05 bits per heavy atom. The van der Waals surface area contributed by atoms with Gasteiger partial charge in [0.05, 0.1) is 0 Å². The first-order chi connectivity index (χ1) is 9.31. The zero-order valence-corrected chi connectivity index (χ0v) is 12.9. The van der Waals surface area contributed by atoms with Crippen LogP contribution in [0.3, 0.4) is 0 Å². The van der Waals surface area contributed by atoms with Crippen LogP contribution in [0.2, 0.25) is 0 Å². The van der Waals surface area contributed by atoms with E-state index in [-0.39, 0.29) is 0 Å². The lowest BCUT2D eigenvalue weighted by atomic mass is 10.1. The van der Waals surface area contributed by atoms with Crippen LogP contribution in [-0.2, 0) is 13.0 Å². The summed E-state index contributed by atoms with van der Waals surface area (Å²) in [5.74, 6) is 1.11. The molecule has 3 nitrogen and oxygen atoms in total. The number of aryl methyl sites for hydroxylation is 2. The molecule has 0 fully saturated rings. The van der Waals surface area contributed by atoms with Gasteiger partial charge in [-0.2, -0.15) is 5.10 Å². The summed E-state index contributed by atoms with van der Waals surface area (Å²) in [5.41, 5.74) is 1.34. The molecule has 0 aliphatic heterocycles. The predicted molar refractivity (Wildman–Crippen MR) is 81.4 cm³/mol. The van der Waals surface area contributed by atoms with Crippen LogP contribution >= 0.6 is 15.9 Å². The molecule has 0 saturated carbocycles. The van der Waals surface area contributed by atoms with Gasteiger partial charge in [-0.25, -0.2) is 4.98 Å². The third-order valence-corrected chi connectivity index (χ3v) is 4.14. The molecular weight excluding hydrogens is 302 g/mol. The van der Waals surface area contributed by atoms with Crippen molar-refractivity contribution >= 4 is 15.9 Å². The van der Waals surface area contributed by atoms with E-state index in [1.54, 1.807) is 6.33 Å². The van der Waals surface area contributed by atoms with Crippen molar-refractivity contribution in [3.8, 4) is 0 Å². The van der Waals surface area contributed by atoms with Crippen LogP contribution in [0.4, 0.5) is 0 Å². The Balaban J connectivity index is 1.81. The molecule has 0 N–H and O–H groups in total. The highest BCUT2D eigenvalue weighted by Gasteiger charge is 2.08. The molecule has 0 aliphatic rings. The number of aromatic nitrogens is 3. The quantitative estimate of drug-likeness (QED) is 0.717. The van der Waals surface area contributed by atoms with Gasteiger partial charge in [0.25, 0.3) is 0 Å². The van der Waals surface area contributed by atoms with Crippen LogP contribution < -0.4 is 0 Å². The van der Waals surface area contributed by atoms with Crippen molar-refractivity contribution in [3.63, 3.8) is 0 Å². The Labute approximate surface area is 123 Å². The van der Waals surface area contributed by atoms with E-state index in [1.807, 2.05) is 4.68 Å². The second-order valence-electron chi connectivity index (χ2n) is 4.67. The maximum atomic E-state index is 4.34. The lowest BCUT2D eigenvalue weighted by Crippen LogP contribution is -2.05. The number of rotatable bonds is 7. The Morgan fingerprint density at radius 3 is 2.79 bits per heavy atom. The number of hydrogen-bond acceptors (Lipinski definition) is 2. The molecule has 2 aromatic rings. The van der Waals surface area contributed by atoms with E-state index < -0.39 is 0 Å². The lowest BCUT2D eigenvalue weighted by molar-refractivity contribution is 0.556. The van der Waals surface area contributed by atoms with Gasteiger partial charge in [-0.3, -0.25) is 4.68 Å². The molecule has 0 aliphatic carbocycles. The minimum atomic E-state index is 0.427. The first-order valence-corrected chi connectivity index (χ1v) is 7.78. The molecule has 1 aromatic carbocycles. The summed E-state index contributed by atoms with van der Waals surface area (Å²) in [7, 11) is 0. The third kappa shape index (κ3) is 4.16. The van der Waals surface area contributed by atoms with E-state index in [1.165, 1.54) is 5.56 Å². The zero-order valence-electron chi connectivity index (χ0n) is 11.3. The van der Waals surface area contributed by atoms with Crippen molar-refractivity contribution in [1.29, 1.82) is 0 Å². The van der Waals surface area contributed by atoms with Crippen LogP contribution in [-0.4, -0.2) is 14.8 Å². The summed E-state index contributed by atoms with van der Waals surface area (Å²) < 4.78 is 2.02. The maximum absolute atomic E-state index is 4.34. The molecule has 1 aromatic heterocycles. The van der Waals surface area contributed by atoms with Gasteiger partial charge in [-0.1, -0.05) is 53.2 Å². The van der Waals surface area contributed by atoms with Crippen molar-refractivity contribution in [3.05, 3.63) is 48.0 Å². The van der Waals surface area contributed by atoms with Gasteiger partial charge in [-0.05, 0) is 24.8 Å². The lowest BCUT2D eigenvalue weighted by Gasteiger charge is -2.10. The van der Waals surface area contributed by atoms with Crippen molar-refractivity contribution in [2.75, 3.05) is 0 Å². The van der Waals surface area contributed by atoms with E-state index in [0.717, 1.165) is 38.1 Å². The Hall–Kier alpha value is -1.16. The highest BCUT2D eigenvalue weighted by atomic mass is 79.9. The predicted octanol–water partition coefficient (Wildman–Crippen LogP) is 4.15. The minimum absolute atomic E-state index is 0.427. The monoisotopic (exact) mass is 321 g/mol. The molecule has 0 bridgehead atoms. The maximum Gasteiger partial charge on any atom is 0.138 e. The minimum Gasteiger partial charge on any atom is -0.250 e. The van der Waals surface area contributed by atoms with E-state index in [4.69, 9.17) is 0 Å². The van der Waals surface area contributed by atoms with Crippen LogP contribution in [0.5, 0.6) is 0 Å². The molecule has 4 heteroatoms. The third-order valence-electron chi connectivity index (χ3n) is 3.15. The topological polar surface area (TPSA) is 30.7 Å². The van der Waals surface area contributed by atoms with Gasteiger partial charge in [0.15, 0.2) is 0 Å². The van der Waals surface area contributed by atoms with Gasteiger partial charge in [0.2, 0.25) is 0 Å². The van der Waals surface area contributed by atoms with Crippen molar-refractivity contribution < 1.29 is 0 Å².